The molecule has 1 nitrogen and oxygen atoms in total. The van der Waals surface area contributed by atoms with E-state index in [1.165, 1.54) is 5.56 Å². The molecule has 0 bridgehead atoms. The highest BCUT2D eigenvalue weighted by Crippen LogP contribution is 2.24. The molecule has 16 heavy (non-hydrogen) atoms. The second-order valence-electron chi connectivity index (χ2n) is 3.87. The summed E-state index contributed by atoms with van der Waals surface area (Å²) in [5.41, 5.74) is 2.49. The van der Waals surface area contributed by atoms with Gasteiger partial charge in [-0.25, -0.2) is 0 Å². The van der Waals surface area contributed by atoms with Crippen molar-refractivity contribution in [2.24, 2.45) is 0 Å². The molecule has 0 aliphatic rings. The van der Waals surface area contributed by atoms with Crippen LogP contribution >= 0.6 is 0 Å². The highest BCUT2D eigenvalue weighted by Gasteiger charge is 1.99. The van der Waals surface area contributed by atoms with Gasteiger partial charge in [0.25, 0.3) is 0 Å². The SMILES string of the molecule is CCc1ccc(Oc2ccccc2C)cc1. The Bertz CT molecular complexity index is 457. The minimum Gasteiger partial charge on any atom is -0.457 e. The van der Waals surface area contributed by atoms with Crippen molar-refractivity contribution in [2.75, 3.05) is 0 Å². The number of hydrogen-bond donors (Lipinski definition) is 0. The molecule has 82 valence electrons. The van der Waals surface area contributed by atoms with E-state index in [2.05, 4.69) is 32.0 Å². The third-order valence-electron chi connectivity index (χ3n) is 2.65. The van der Waals surface area contributed by atoms with Gasteiger partial charge in [-0.1, -0.05) is 37.3 Å². The molecule has 0 fully saturated rings. The first-order valence-electron chi connectivity index (χ1n) is 5.62. The molecule has 0 heterocycles. The molecule has 2 aromatic carbocycles. The molecule has 1 heteroatoms. The van der Waals surface area contributed by atoms with Gasteiger partial charge in [-0.2, -0.15) is 0 Å². The van der Waals surface area contributed by atoms with Crippen molar-refractivity contribution >= 4 is 0 Å². The van der Waals surface area contributed by atoms with Gasteiger partial charge < -0.3 is 4.74 Å². The van der Waals surface area contributed by atoms with Gasteiger partial charge in [0.15, 0.2) is 0 Å². The van der Waals surface area contributed by atoms with Crippen LogP contribution in [0.4, 0.5) is 0 Å². The maximum Gasteiger partial charge on any atom is 0.130 e. The van der Waals surface area contributed by atoms with Gasteiger partial charge in [0.2, 0.25) is 0 Å². The Labute approximate surface area is 96.7 Å². The van der Waals surface area contributed by atoms with E-state index in [0.29, 0.717) is 0 Å². The van der Waals surface area contributed by atoms with Crippen molar-refractivity contribution in [3.63, 3.8) is 0 Å². The number of para-hydroxylation sites is 1. The van der Waals surface area contributed by atoms with E-state index in [1.807, 2.05) is 30.3 Å². The number of rotatable bonds is 3. The Morgan fingerprint density at radius 3 is 2.25 bits per heavy atom. The molecule has 0 N–H and O–H groups in total. The summed E-state index contributed by atoms with van der Waals surface area (Å²) < 4.78 is 5.81. The summed E-state index contributed by atoms with van der Waals surface area (Å²) in [6.07, 6.45) is 1.06. The smallest absolute Gasteiger partial charge is 0.130 e. The lowest BCUT2D eigenvalue weighted by molar-refractivity contribution is 0.478. The van der Waals surface area contributed by atoms with E-state index in [9.17, 15) is 0 Å². The average Bonchev–Trinajstić information content (AvgIpc) is 2.33. The quantitative estimate of drug-likeness (QED) is 0.735. The van der Waals surface area contributed by atoms with Crippen LogP contribution in [0.5, 0.6) is 11.5 Å². The number of benzene rings is 2. The second-order valence-corrected chi connectivity index (χ2v) is 3.87. The minimum atomic E-state index is 0.895. The van der Waals surface area contributed by atoms with Gasteiger partial charge in [-0.3, -0.25) is 0 Å². The standard InChI is InChI=1S/C15H16O/c1-3-13-8-10-14(11-9-13)16-15-7-5-4-6-12(15)2/h4-11H,3H2,1-2H3. The summed E-state index contributed by atoms with van der Waals surface area (Å²) in [5, 5.41) is 0. The van der Waals surface area contributed by atoms with Crippen molar-refractivity contribution < 1.29 is 4.74 Å². The Balaban J connectivity index is 2.18. The van der Waals surface area contributed by atoms with Crippen molar-refractivity contribution in [2.45, 2.75) is 20.3 Å². The van der Waals surface area contributed by atoms with E-state index in [0.717, 1.165) is 23.5 Å². The van der Waals surface area contributed by atoms with E-state index >= 15 is 0 Å². The summed E-state index contributed by atoms with van der Waals surface area (Å²) in [4.78, 5) is 0. The molecule has 0 aromatic heterocycles. The zero-order valence-corrected chi connectivity index (χ0v) is 9.73. The zero-order chi connectivity index (χ0) is 11.4. The lowest BCUT2D eigenvalue weighted by atomic mass is 10.2. The maximum absolute atomic E-state index is 5.81. The van der Waals surface area contributed by atoms with Crippen molar-refractivity contribution in [3.05, 3.63) is 59.7 Å². The molecule has 2 rings (SSSR count). The topological polar surface area (TPSA) is 9.23 Å². The molecule has 0 atom stereocenters. The maximum atomic E-state index is 5.81. The summed E-state index contributed by atoms with van der Waals surface area (Å²) in [6, 6.07) is 16.3. The summed E-state index contributed by atoms with van der Waals surface area (Å²) >= 11 is 0. The highest BCUT2D eigenvalue weighted by molar-refractivity contribution is 5.37. The van der Waals surface area contributed by atoms with E-state index in [-0.39, 0.29) is 0 Å². The van der Waals surface area contributed by atoms with Crippen molar-refractivity contribution in [1.82, 2.24) is 0 Å². The average molecular weight is 212 g/mol. The minimum absolute atomic E-state index is 0.895. The Kier molecular flexibility index (Phi) is 3.25. The summed E-state index contributed by atoms with van der Waals surface area (Å²) in [6.45, 7) is 4.20. The Hall–Kier alpha value is -1.76. The van der Waals surface area contributed by atoms with Crippen LogP contribution in [-0.4, -0.2) is 0 Å². The molecule has 0 spiro atoms. The van der Waals surface area contributed by atoms with Gasteiger partial charge in [-0.15, -0.1) is 0 Å². The predicted octanol–water partition coefficient (Wildman–Crippen LogP) is 4.35. The first-order valence-corrected chi connectivity index (χ1v) is 5.62. The molecule has 2 aromatic rings. The Morgan fingerprint density at radius 2 is 1.62 bits per heavy atom. The van der Waals surface area contributed by atoms with Crippen LogP contribution in [0, 0.1) is 6.92 Å². The van der Waals surface area contributed by atoms with Gasteiger partial charge in [-0.05, 0) is 42.7 Å². The third kappa shape index (κ3) is 2.43. The van der Waals surface area contributed by atoms with E-state index < -0.39 is 0 Å². The summed E-state index contributed by atoms with van der Waals surface area (Å²) in [5.74, 6) is 1.82. The van der Waals surface area contributed by atoms with Gasteiger partial charge in [0.1, 0.15) is 11.5 Å². The van der Waals surface area contributed by atoms with Crippen LogP contribution < -0.4 is 4.74 Å². The highest BCUT2D eigenvalue weighted by atomic mass is 16.5. The van der Waals surface area contributed by atoms with Gasteiger partial charge in [0, 0.05) is 0 Å². The van der Waals surface area contributed by atoms with Crippen LogP contribution in [0.15, 0.2) is 48.5 Å². The van der Waals surface area contributed by atoms with Crippen LogP contribution in [0.2, 0.25) is 0 Å². The normalized spacial score (nSPS) is 10.1. The molecule has 0 radical (unpaired) electrons. The van der Waals surface area contributed by atoms with Crippen molar-refractivity contribution in [3.8, 4) is 11.5 Å². The molecule has 0 unspecified atom stereocenters. The lowest BCUT2D eigenvalue weighted by Gasteiger charge is -2.08. The molecule has 0 saturated heterocycles. The first kappa shape index (κ1) is 10.7. The molecular weight excluding hydrogens is 196 g/mol. The lowest BCUT2D eigenvalue weighted by Crippen LogP contribution is -1.87. The second kappa shape index (κ2) is 4.84. The first-order chi connectivity index (χ1) is 7.79. The summed E-state index contributed by atoms with van der Waals surface area (Å²) in [7, 11) is 0. The number of aryl methyl sites for hydroxylation is 2. The fraction of sp³-hybridized carbons (Fsp3) is 0.200. The monoisotopic (exact) mass is 212 g/mol. The fourth-order valence-corrected chi connectivity index (χ4v) is 1.59. The van der Waals surface area contributed by atoms with Crippen LogP contribution in [0.3, 0.4) is 0 Å². The predicted molar refractivity (Wildman–Crippen MR) is 67.1 cm³/mol. The molecular formula is C15H16O. The Morgan fingerprint density at radius 1 is 0.938 bits per heavy atom. The fourth-order valence-electron chi connectivity index (χ4n) is 1.59. The van der Waals surface area contributed by atoms with E-state index in [1.54, 1.807) is 0 Å². The van der Waals surface area contributed by atoms with Crippen LogP contribution in [-0.2, 0) is 6.42 Å². The third-order valence-corrected chi connectivity index (χ3v) is 2.65. The zero-order valence-electron chi connectivity index (χ0n) is 9.73. The molecule has 0 aliphatic heterocycles. The largest absolute Gasteiger partial charge is 0.457 e. The molecule has 0 aliphatic carbocycles. The van der Waals surface area contributed by atoms with E-state index in [4.69, 9.17) is 4.74 Å². The van der Waals surface area contributed by atoms with Crippen LogP contribution in [0.25, 0.3) is 0 Å². The van der Waals surface area contributed by atoms with Gasteiger partial charge >= 0.3 is 0 Å². The number of ether oxygens (including phenoxy) is 1. The molecule has 0 amide bonds. The van der Waals surface area contributed by atoms with Crippen LogP contribution in [0.1, 0.15) is 18.1 Å². The van der Waals surface area contributed by atoms with Gasteiger partial charge in [0.05, 0.1) is 0 Å². The number of hydrogen-bond acceptors (Lipinski definition) is 1. The van der Waals surface area contributed by atoms with Crippen molar-refractivity contribution in [1.29, 1.82) is 0 Å². The molecule has 0 saturated carbocycles.